The summed E-state index contributed by atoms with van der Waals surface area (Å²) >= 11 is 12.0. The highest BCUT2D eigenvalue weighted by atomic mass is 35.5. The number of carbonyl (C=O) groups excluding carboxylic acids is 1. The van der Waals surface area contributed by atoms with Crippen molar-refractivity contribution >= 4 is 46.0 Å². The van der Waals surface area contributed by atoms with Gasteiger partial charge in [-0.2, -0.15) is 0 Å². The minimum absolute atomic E-state index is 0.257. The lowest BCUT2D eigenvalue weighted by atomic mass is 10.2. The van der Waals surface area contributed by atoms with E-state index in [1.807, 2.05) is 30.5 Å². The number of aromatic amines is 1. The number of aromatic nitrogens is 3. The molecule has 2 aromatic heterocycles. The molecule has 3 N–H and O–H groups in total. The Morgan fingerprint density at radius 3 is 2.50 bits per heavy atom. The summed E-state index contributed by atoms with van der Waals surface area (Å²) in [7, 11) is 0. The third kappa shape index (κ3) is 4.38. The molecule has 4 rings (SSSR count). The minimum atomic E-state index is -0.591. The maximum absolute atomic E-state index is 12.7. The van der Waals surface area contributed by atoms with Crippen LogP contribution in [0, 0.1) is 0 Å². The maximum atomic E-state index is 12.7. The first kappa shape index (κ1) is 20.2. The molecule has 0 spiro atoms. The predicted molar refractivity (Wildman–Crippen MR) is 118 cm³/mol. The predicted octanol–water partition coefficient (Wildman–Crippen LogP) is 4.40. The van der Waals surface area contributed by atoms with Crippen molar-refractivity contribution in [3.8, 4) is 0 Å². The molecule has 2 aromatic carbocycles. The third-order valence-electron chi connectivity index (χ3n) is 4.51. The summed E-state index contributed by atoms with van der Waals surface area (Å²) in [6, 6.07) is 13.7. The first-order chi connectivity index (χ1) is 14.5. The zero-order chi connectivity index (χ0) is 21.1. The van der Waals surface area contributed by atoms with E-state index in [1.54, 1.807) is 18.3 Å². The molecule has 30 heavy (non-hydrogen) atoms. The van der Waals surface area contributed by atoms with Crippen LogP contribution in [0.3, 0.4) is 0 Å². The Hall–Kier alpha value is -3.13. The lowest BCUT2D eigenvalue weighted by Gasteiger charge is -2.08. The number of rotatable bonds is 5. The number of H-pyrrole nitrogens is 1. The smallest absolute Gasteiger partial charge is 0.309 e. The summed E-state index contributed by atoms with van der Waals surface area (Å²) in [5.41, 5.74) is 2.94. The van der Waals surface area contributed by atoms with Gasteiger partial charge in [0, 0.05) is 31.2 Å². The molecule has 0 saturated heterocycles. The average Bonchev–Trinajstić information content (AvgIpc) is 3.05. The van der Waals surface area contributed by atoms with Gasteiger partial charge in [-0.05, 0) is 41.5 Å². The van der Waals surface area contributed by atoms with Crippen LogP contribution in [0.2, 0.25) is 10.0 Å². The number of fused-ring (bicyclic) bond motifs is 1. The van der Waals surface area contributed by atoms with E-state index in [9.17, 15) is 9.59 Å². The van der Waals surface area contributed by atoms with Crippen molar-refractivity contribution in [3.63, 3.8) is 0 Å². The molecule has 0 aliphatic carbocycles. The van der Waals surface area contributed by atoms with Crippen molar-refractivity contribution in [2.75, 3.05) is 5.32 Å². The van der Waals surface area contributed by atoms with Crippen molar-refractivity contribution in [2.45, 2.75) is 13.1 Å². The second kappa shape index (κ2) is 8.71. The summed E-state index contributed by atoms with van der Waals surface area (Å²) in [5, 5.41) is 6.61. The molecule has 7 nitrogen and oxygen atoms in total. The fraction of sp³-hybridized carbons (Fsp3) is 0.0952. The number of pyridine rings is 1. The molecule has 152 valence electrons. The summed E-state index contributed by atoms with van der Waals surface area (Å²) < 4.78 is 0.987. The fourth-order valence-electron chi connectivity index (χ4n) is 3.04. The SMILES string of the molecule is O=C(Nc1ccc(CNCc2cccnc2)cc1)n1c(=O)[nH]c2cc(Cl)c(Cl)cc21. The number of benzene rings is 2. The molecular formula is C21H17Cl2N5O2. The van der Waals surface area contributed by atoms with Crippen molar-refractivity contribution in [3.05, 3.63) is 92.6 Å². The zero-order valence-corrected chi connectivity index (χ0v) is 17.2. The summed E-state index contributed by atoms with van der Waals surface area (Å²) in [4.78, 5) is 31.6. The monoisotopic (exact) mass is 441 g/mol. The topological polar surface area (TPSA) is 91.8 Å². The van der Waals surface area contributed by atoms with Crippen LogP contribution >= 0.6 is 23.2 Å². The van der Waals surface area contributed by atoms with Crippen LogP contribution in [0.4, 0.5) is 10.5 Å². The molecule has 0 radical (unpaired) electrons. The molecule has 0 atom stereocenters. The van der Waals surface area contributed by atoms with Crippen molar-refractivity contribution in [1.82, 2.24) is 19.9 Å². The molecule has 9 heteroatoms. The Labute approximate surface area is 181 Å². The van der Waals surface area contributed by atoms with Gasteiger partial charge in [0.15, 0.2) is 0 Å². The van der Waals surface area contributed by atoms with Crippen LogP contribution in [-0.4, -0.2) is 20.6 Å². The largest absolute Gasteiger partial charge is 0.334 e. The summed E-state index contributed by atoms with van der Waals surface area (Å²) in [5.74, 6) is 0. The van der Waals surface area contributed by atoms with E-state index in [1.165, 1.54) is 12.1 Å². The summed E-state index contributed by atoms with van der Waals surface area (Å²) in [6.45, 7) is 1.38. The highest BCUT2D eigenvalue weighted by Crippen LogP contribution is 2.26. The van der Waals surface area contributed by atoms with Crippen LogP contribution in [0.1, 0.15) is 11.1 Å². The lowest BCUT2D eigenvalue weighted by molar-refractivity contribution is 0.253. The third-order valence-corrected chi connectivity index (χ3v) is 5.24. The highest BCUT2D eigenvalue weighted by Gasteiger charge is 2.16. The van der Waals surface area contributed by atoms with E-state index in [4.69, 9.17) is 23.2 Å². The molecular weight excluding hydrogens is 425 g/mol. The lowest BCUT2D eigenvalue weighted by Crippen LogP contribution is -2.29. The maximum Gasteiger partial charge on any atom is 0.334 e. The van der Waals surface area contributed by atoms with Crippen LogP contribution < -0.4 is 16.3 Å². The summed E-state index contributed by atoms with van der Waals surface area (Å²) in [6.07, 6.45) is 3.56. The number of imidazole rings is 1. The Bertz CT molecular complexity index is 1250. The first-order valence-electron chi connectivity index (χ1n) is 9.11. The van der Waals surface area contributed by atoms with Gasteiger partial charge in [-0.25, -0.2) is 14.2 Å². The van der Waals surface area contributed by atoms with Gasteiger partial charge in [-0.3, -0.25) is 4.98 Å². The van der Waals surface area contributed by atoms with E-state index in [2.05, 4.69) is 20.6 Å². The molecule has 0 saturated carbocycles. The number of anilines is 1. The minimum Gasteiger partial charge on any atom is -0.309 e. The quantitative estimate of drug-likeness (QED) is 0.427. The van der Waals surface area contributed by atoms with E-state index in [-0.39, 0.29) is 5.02 Å². The Morgan fingerprint density at radius 2 is 1.77 bits per heavy atom. The van der Waals surface area contributed by atoms with Crippen LogP contribution in [0.5, 0.6) is 0 Å². The standard InChI is InChI=1S/C21H17Cl2N5O2/c22-16-8-18-19(9-17(16)23)28(21(30)27-18)20(29)26-15-5-3-13(4-6-15)10-25-12-14-2-1-7-24-11-14/h1-9,11,25H,10,12H2,(H,26,29)(H,27,30). The molecule has 0 fully saturated rings. The van der Waals surface area contributed by atoms with Crippen LogP contribution in [-0.2, 0) is 13.1 Å². The highest BCUT2D eigenvalue weighted by molar-refractivity contribution is 6.42. The van der Waals surface area contributed by atoms with E-state index in [0.717, 1.165) is 15.7 Å². The molecule has 4 aromatic rings. The molecule has 1 amide bonds. The van der Waals surface area contributed by atoms with Gasteiger partial charge in [0.2, 0.25) is 0 Å². The fourth-order valence-corrected chi connectivity index (χ4v) is 3.36. The van der Waals surface area contributed by atoms with E-state index >= 15 is 0 Å². The zero-order valence-electron chi connectivity index (χ0n) is 15.7. The average molecular weight is 442 g/mol. The van der Waals surface area contributed by atoms with Gasteiger partial charge in [-0.15, -0.1) is 0 Å². The van der Waals surface area contributed by atoms with Crippen molar-refractivity contribution in [2.24, 2.45) is 0 Å². The number of nitrogens with zero attached hydrogens (tertiary/aromatic N) is 2. The number of nitrogens with one attached hydrogen (secondary N) is 3. The van der Waals surface area contributed by atoms with Crippen LogP contribution in [0.25, 0.3) is 11.0 Å². The second-order valence-electron chi connectivity index (χ2n) is 6.64. The van der Waals surface area contributed by atoms with Gasteiger partial charge >= 0.3 is 11.7 Å². The molecule has 0 aliphatic rings. The number of halogens is 2. The van der Waals surface area contributed by atoms with Crippen molar-refractivity contribution in [1.29, 1.82) is 0 Å². The molecule has 0 unspecified atom stereocenters. The Morgan fingerprint density at radius 1 is 1.03 bits per heavy atom. The molecule has 0 aliphatic heterocycles. The van der Waals surface area contributed by atoms with Gasteiger partial charge in [0.1, 0.15) is 0 Å². The van der Waals surface area contributed by atoms with Gasteiger partial charge < -0.3 is 15.6 Å². The number of carbonyl (C=O) groups is 1. The first-order valence-corrected chi connectivity index (χ1v) is 9.86. The van der Waals surface area contributed by atoms with Crippen LogP contribution in [0.15, 0.2) is 65.7 Å². The van der Waals surface area contributed by atoms with E-state index < -0.39 is 11.7 Å². The van der Waals surface area contributed by atoms with E-state index in [0.29, 0.717) is 34.8 Å². The normalized spacial score (nSPS) is 11.0. The number of hydrogen-bond donors (Lipinski definition) is 3. The molecule has 0 bridgehead atoms. The van der Waals surface area contributed by atoms with Gasteiger partial charge in [0.05, 0.1) is 21.1 Å². The van der Waals surface area contributed by atoms with Crippen molar-refractivity contribution < 1.29 is 4.79 Å². The number of hydrogen-bond acceptors (Lipinski definition) is 4. The Kier molecular flexibility index (Phi) is 5.85. The molecule has 2 heterocycles. The second-order valence-corrected chi connectivity index (χ2v) is 7.46. The Balaban J connectivity index is 1.43. The van der Waals surface area contributed by atoms with Gasteiger partial charge in [0.25, 0.3) is 0 Å². The number of amides is 1. The van der Waals surface area contributed by atoms with Gasteiger partial charge in [-0.1, -0.05) is 41.4 Å².